The Morgan fingerprint density at radius 2 is 1.58 bits per heavy atom. The van der Waals surface area contributed by atoms with Gasteiger partial charge in [-0.1, -0.05) is 48.5 Å². The summed E-state index contributed by atoms with van der Waals surface area (Å²) >= 11 is 0. The molecule has 0 fully saturated rings. The Kier molecular flexibility index (Phi) is 6.50. The van der Waals surface area contributed by atoms with Gasteiger partial charge in [-0.3, -0.25) is 4.79 Å². The molecule has 3 aromatic rings. The highest BCUT2D eigenvalue weighted by Crippen LogP contribution is 2.45. The predicted molar refractivity (Wildman–Crippen MR) is 107 cm³/mol. The van der Waals surface area contributed by atoms with Gasteiger partial charge in [0.2, 0.25) is 0 Å². The van der Waals surface area contributed by atoms with Gasteiger partial charge in [0, 0.05) is 16.7 Å². The van der Waals surface area contributed by atoms with Crippen molar-refractivity contribution in [3.05, 3.63) is 76.9 Å². The minimum absolute atomic E-state index is 0.00552. The minimum Gasteiger partial charge on any atom is -0.504 e. The summed E-state index contributed by atoms with van der Waals surface area (Å²) in [6.07, 6.45) is -4.62. The number of aldehydes is 1. The zero-order valence-electron chi connectivity index (χ0n) is 16.4. The fourth-order valence-corrected chi connectivity index (χ4v) is 3.30. The lowest BCUT2D eigenvalue weighted by molar-refractivity contribution is -0.274. The van der Waals surface area contributed by atoms with Gasteiger partial charge in [-0.05, 0) is 24.1 Å². The number of ether oxygens (including phenoxy) is 2. The quantitative estimate of drug-likeness (QED) is 0.381. The van der Waals surface area contributed by atoms with Gasteiger partial charge in [0.15, 0.2) is 17.8 Å². The Morgan fingerprint density at radius 1 is 0.935 bits per heavy atom. The molecule has 0 heterocycles. The highest BCUT2D eigenvalue weighted by atomic mass is 19.4. The fraction of sp³-hybridized carbons (Fsp3) is 0.174. The number of rotatable bonds is 7. The van der Waals surface area contributed by atoms with Gasteiger partial charge in [0.1, 0.15) is 5.75 Å². The van der Waals surface area contributed by atoms with Gasteiger partial charge >= 0.3 is 6.36 Å². The Labute approximate surface area is 176 Å². The molecule has 0 aliphatic rings. The molecule has 3 aromatic carbocycles. The van der Waals surface area contributed by atoms with Crippen molar-refractivity contribution in [2.75, 3.05) is 0 Å². The summed E-state index contributed by atoms with van der Waals surface area (Å²) < 4.78 is 48.6. The summed E-state index contributed by atoms with van der Waals surface area (Å²) in [6.45, 7) is 1.39. The van der Waals surface area contributed by atoms with Crippen molar-refractivity contribution in [3.63, 3.8) is 0 Å². The zero-order valence-corrected chi connectivity index (χ0v) is 16.4. The average Bonchev–Trinajstić information content (AvgIpc) is 2.73. The van der Waals surface area contributed by atoms with Crippen LogP contribution in [0.4, 0.5) is 13.2 Å². The predicted octanol–water partition coefficient (Wildman–Crippen LogP) is 5.50. The second kappa shape index (κ2) is 9.09. The Balaban J connectivity index is 2.11. The van der Waals surface area contributed by atoms with E-state index >= 15 is 0 Å². The largest absolute Gasteiger partial charge is 0.573 e. The second-order valence-electron chi connectivity index (χ2n) is 6.73. The molecule has 0 bridgehead atoms. The molecule has 5 nitrogen and oxygen atoms in total. The molecule has 0 aromatic heterocycles. The lowest BCUT2D eigenvalue weighted by Gasteiger charge is -2.21. The first-order valence-corrected chi connectivity index (χ1v) is 9.22. The molecule has 0 amide bonds. The number of hydrogen-bond acceptors (Lipinski definition) is 5. The van der Waals surface area contributed by atoms with Crippen LogP contribution in [0.5, 0.6) is 17.2 Å². The van der Waals surface area contributed by atoms with E-state index in [1.165, 1.54) is 25.1 Å². The standard InChI is InChI=1S/C23H19F3O5/c1-14-20(16-9-5-6-10-19(16)31-23(24,25)26)18(17(11-27)22(29)21(14)28)13-30-12-15-7-3-2-4-8-15/h2-11,28-29H,12-13H2,1H3. The summed E-state index contributed by atoms with van der Waals surface area (Å²) in [6, 6.07) is 14.5. The van der Waals surface area contributed by atoms with Crippen LogP contribution in [0.2, 0.25) is 0 Å². The Morgan fingerprint density at radius 3 is 2.23 bits per heavy atom. The Hall–Kier alpha value is -3.52. The van der Waals surface area contributed by atoms with Gasteiger partial charge in [0.25, 0.3) is 0 Å². The second-order valence-corrected chi connectivity index (χ2v) is 6.73. The van der Waals surface area contributed by atoms with Gasteiger partial charge < -0.3 is 19.7 Å². The van der Waals surface area contributed by atoms with E-state index in [-0.39, 0.29) is 41.0 Å². The molecule has 2 N–H and O–H groups in total. The lowest BCUT2D eigenvalue weighted by atomic mass is 9.90. The zero-order chi connectivity index (χ0) is 22.6. The summed E-state index contributed by atoms with van der Waals surface area (Å²) in [7, 11) is 0. The highest BCUT2D eigenvalue weighted by molar-refractivity contribution is 5.91. The fourth-order valence-electron chi connectivity index (χ4n) is 3.30. The number of alkyl halides is 3. The van der Waals surface area contributed by atoms with Crippen molar-refractivity contribution in [3.8, 4) is 28.4 Å². The number of para-hydroxylation sites is 1. The molecule has 0 atom stereocenters. The highest BCUT2D eigenvalue weighted by Gasteiger charge is 2.33. The molecular weight excluding hydrogens is 413 g/mol. The third-order valence-electron chi connectivity index (χ3n) is 4.69. The normalized spacial score (nSPS) is 11.4. The van der Waals surface area contributed by atoms with Crippen LogP contribution < -0.4 is 4.74 Å². The van der Waals surface area contributed by atoms with Gasteiger partial charge in [0.05, 0.1) is 18.8 Å². The van der Waals surface area contributed by atoms with E-state index in [4.69, 9.17) is 4.74 Å². The van der Waals surface area contributed by atoms with E-state index in [9.17, 15) is 28.2 Å². The van der Waals surface area contributed by atoms with Crippen LogP contribution >= 0.6 is 0 Å². The number of halogens is 3. The van der Waals surface area contributed by atoms with Crippen LogP contribution in [-0.2, 0) is 18.0 Å². The van der Waals surface area contributed by atoms with E-state index in [0.29, 0.717) is 6.29 Å². The third kappa shape index (κ3) is 4.97. The van der Waals surface area contributed by atoms with Crippen LogP contribution in [-0.4, -0.2) is 22.9 Å². The number of phenolic OH excluding ortho intramolecular Hbond substituents is 2. The lowest BCUT2D eigenvalue weighted by Crippen LogP contribution is -2.18. The van der Waals surface area contributed by atoms with Crippen molar-refractivity contribution in [1.82, 2.24) is 0 Å². The number of carbonyl (C=O) groups excluding carboxylic acids is 1. The molecule has 3 rings (SSSR count). The summed E-state index contributed by atoms with van der Waals surface area (Å²) in [5.74, 6) is -1.78. The summed E-state index contributed by atoms with van der Waals surface area (Å²) in [5, 5.41) is 20.6. The number of phenols is 2. The van der Waals surface area contributed by atoms with E-state index in [2.05, 4.69) is 4.74 Å². The summed E-state index contributed by atoms with van der Waals surface area (Å²) in [5.41, 5.74) is 0.904. The number of aromatic hydroxyl groups is 2. The van der Waals surface area contributed by atoms with Gasteiger partial charge in [-0.25, -0.2) is 0 Å². The monoisotopic (exact) mass is 432 g/mol. The molecule has 0 aliphatic heterocycles. The van der Waals surface area contributed by atoms with Crippen molar-refractivity contribution >= 4 is 6.29 Å². The number of carbonyl (C=O) groups is 1. The van der Waals surface area contributed by atoms with Crippen LogP contribution in [0.3, 0.4) is 0 Å². The first-order valence-electron chi connectivity index (χ1n) is 9.22. The average molecular weight is 432 g/mol. The molecule has 162 valence electrons. The van der Waals surface area contributed by atoms with Crippen LogP contribution in [0, 0.1) is 6.92 Å². The van der Waals surface area contributed by atoms with E-state index < -0.39 is 23.6 Å². The molecule has 31 heavy (non-hydrogen) atoms. The van der Waals surface area contributed by atoms with Crippen molar-refractivity contribution in [2.45, 2.75) is 26.5 Å². The molecule has 0 saturated carbocycles. The van der Waals surface area contributed by atoms with Crippen molar-refractivity contribution in [2.24, 2.45) is 0 Å². The van der Waals surface area contributed by atoms with Crippen LogP contribution in [0.15, 0.2) is 54.6 Å². The smallest absolute Gasteiger partial charge is 0.504 e. The van der Waals surface area contributed by atoms with Crippen LogP contribution in [0.1, 0.15) is 27.0 Å². The maximum atomic E-state index is 12.9. The van der Waals surface area contributed by atoms with Crippen LogP contribution in [0.25, 0.3) is 11.1 Å². The maximum absolute atomic E-state index is 12.9. The molecule has 0 unspecified atom stereocenters. The summed E-state index contributed by atoms with van der Waals surface area (Å²) in [4.78, 5) is 11.7. The van der Waals surface area contributed by atoms with Gasteiger partial charge in [-0.2, -0.15) is 0 Å². The van der Waals surface area contributed by atoms with E-state index in [0.717, 1.165) is 11.6 Å². The molecular formula is C23H19F3O5. The topological polar surface area (TPSA) is 76.0 Å². The molecule has 0 radical (unpaired) electrons. The molecule has 8 heteroatoms. The number of hydrogen-bond donors (Lipinski definition) is 2. The van der Waals surface area contributed by atoms with E-state index in [1.54, 1.807) is 0 Å². The third-order valence-corrected chi connectivity index (χ3v) is 4.69. The van der Waals surface area contributed by atoms with Crippen molar-refractivity contribution < 1.29 is 37.7 Å². The van der Waals surface area contributed by atoms with Gasteiger partial charge in [-0.15, -0.1) is 13.2 Å². The maximum Gasteiger partial charge on any atom is 0.573 e. The molecule has 0 saturated heterocycles. The minimum atomic E-state index is -4.94. The Bertz CT molecular complexity index is 1080. The first-order chi connectivity index (χ1) is 14.7. The first kappa shape index (κ1) is 22.2. The SMILES string of the molecule is Cc1c(O)c(O)c(C=O)c(COCc2ccccc2)c1-c1ccccc1OC(F)(F)F. The van der Waals surface area contributed by atoms with Crippen molar-refractivity contribution in [1.29, 1.82) is 0 Å². The molecule has 0 aliphatic carbocycles. The van der Waals surface area contributed by atoms with E-state index in [1.807, 2.05) is 30.3 Å². The number of benzene rings is 3. The molecule has 0 spiro atoms.